The maximum atomic E-state index is 13.1. The number of hydrogen-bond acceptors (Lipinski definition) is 4. The summed E-state index contributed by atoms with van der Waals surface area (Å²) in [5.74, 6) is -0.362. The first kappa shape index (κ1) is 19.9. The van der Waals surface area contributed by atoms with E-state index in [9.17, 15) is 9.18 Å². The van der Waals surface area contributed by atoms with Gasteiger partial charge in [0.2, 0.25) is 0 Å². The Labute approximate surface area is 164 Å². The second kappa shape index (κ2) is 8.48. The molecular formula is C21H26FN5O. The first-order chi connectivity index (χ1) is 13.5. The van der Waals surface area contributed by atoms with E-state index in [2.05, 4.69) is 22.3 Å². The van der Waals surface area contributed by atoms with Crippen molar-refractivity contribution in [3.8, 4) is 11.3 Å². The van der Waals surface area contributed by atoms with Crippen LogP contribution in [-0.2, 0) is 0 Å². The number of nitrogens with zero attached hydrogens (tertiary/aromatic N) is 4. The van der Waals surface area contributed by atoms with Crippen LogP contribution in [0.5, 0.6) is 0 Å². The van der Waals surface area contributed by atoms with Gasteiger partial charge in [-0.25, -0.2) is 13.9 Å². The molecule has 3 aromatic rings. The summed E-state index contributed by atoms with van der Waals surface area (Å²) in [7, 11) is 0. The molecule has 1 aliphatic heterocycles. The number of halogens is 1. The fourth-order valence-corrected chi connectivity index (χ4v) is 3.27. The van der Waals surface area contributed by atoms with Crippen molar-refractivity contribution in [3.05, 3.63) is 53.6 Å². The molecule has 1 aromatic carbocycles. The zero-order valence-corrected chi connectivity index (χ0v) is 16.7. The van der Waals surface area contributed by atoms with E-state index >= 15 is 0 Å². The predicted molar refractivity (Wildman–Crippen MR) is 108 cm³/mol. The molecule has 1 amide bonds. The topological polar surface area (TPSA) is 62.5 Å². The van der Waals surface area contributed by atoms with Crippen molar-refractivity contribution in [2.24, 2.45) is 0 Å². The van der Waals surface area contributed by atoms with Gasteiger partial charge in [0.1, 0.15) is 11.5 Å². The van der Waals surface area contributed by atoms with Crippen LogP contribution < -0.4 is 5.32 Å². The number of hydrogen-bond donors (Lipinski definition) is 1. The molecule has 0 spiro atoms. The van der Waals surface area contributed by atoms with Gasteiger partial charge in [-0.15, -0.1) is 0 Å². The van der Waals surface area contributed by atoms with Gasteiger partial charge in [-0.2, -0.15) is 5.10 Å². The molecule has 0 saturated carbocycles. The van der Waals surface area contributed by atoms with E-state index in [0.29, 0.717) is 30.1 Å². The van der Waals surface area contributed by atoms with Crippen molar-refractivity contribution in [2.45, 2.75) is 33.7 Å². The zero-order chi connectivity index (χ0) is 20.3. The Hall–Kier alpha value is -2.80. The van der Waals surface area contributed by atoms with Gasteiger partial charge in [-0.3, -0.25) is 4.79 Å². The van der Waals surface area contributed by atoms with Crippen LogP contribution >= 0.6 is 0 Å². The first-order valence-corrected chi connectivity index (χ1v) is 9.67. The number of fused-ring (bicyclic) bond motifs is 1. The minimum atomic E-state index is -0.285. The average molecular weight is 383 g/mol. The van der Waals surface area contributed by atoms with Gasteiger partial charge in [0.05, 0.1) is 11.9 Å². The van der Waals surface area contributed by atoms with Crippen molar-refractivity contribution < 1.29 is 9.18 Å². The summed E-state index contributed by atoms with van der Waals surface area (Å²) in [6.07, 6.45) is 1.67. The van der Waals surface area contributed by atoms with Gasteiger partial charge >= 0.3 is 0 Å². The highest BCUT2D eigenvalue weighted by Gasteiger charge is 2.24. The number of benzene rings is 1. The van der Waals surface area contributed by atoms with Crippen LogP contribution in [0.2, 0.25) is 0 Å². The van der Waals surface area contributed by atoms with E-state index in [-0.39, 0.29) is 17.8 Å². The van der Waals surface area contributed by atoms with E-state index < -0.39 is 0 Å². The number of carbonyl (C=O) groups excluding carboxylic acids is 1. The highest BCUT2D eigenvalue weighted by Crippen LogP contribution is 2.21. The molecule has 1 aliphatic rings. The molecule has 1 fully saturated rings. The van der Waals surface area contributed by atoms with Crippen LogP contribution in [0.3, 0.4) is 0 Å². The van der Waals surface area contributed by atoms with Gasteiger partial charge in [0, 0.05) is 31.2 Å². The van der Waals surface area contributed by atoms with Crippen LogP contribution in [0.4, 0.5) is 4.39 Å². The maximum absolute atomic E-state index is 13.1. The van der Waals surface area contributed by atoms with Gasteiger partial charge in [-0.05, 0) is 49.7 Å². The standard InChI is InChI=1S/C19H20FN5O.C2H6/c1-12-9-16(14-3-5-15(20)6-4-14)23-25-11-17(22-18(12)25)19(26)24-8-7-21-13(2)10-24;1-2/h3-6,9,11,13,21H,7-8,10H2,1-2H3;1-2H3. The molecule has 2 aromatic heterocycles. The third-order valence-corrected chi connectivity index (χ3v) is 4.62. The van der Waals surface area contributed by atoms with Gasteiger partial charge < -0.3 is 10.2 Å². The molecule has 0 aliphatic carbocycles. The summed E-state index contributed by atoms with van der Waals surface area (Å²) in [6.45, 7) is 10.1. The molecule has 6 nitrogen and oxygen atoms in total. The number of nitrogens with one attached hydrogen (secondary N) is 1. The molecular weight excluding hydrogens is 357 g/mol. The van der Waals surface area contributed by atoms with Crippen molar-refractivity contribution in [1.82, 2.24) is 24.8 Å². The van der Waals surface area contributed by atoms with Gasteiger partial charge in [0.15, 0.2) is 5.65 Å². The lowest BCUT2D eigenvalue weighted by Crippen LogP contribution is -2.51. The number of amides is 1. The number of piperazine rings is 1. The molecule has 1 N–H and O–H groups in total. The minimum absolute atomic E-state index is 0.0772. The Bertz CT molecular complexity index is 967. The Morgan fingerprint density at radius 3 is 2.64 bits per heavy atom. The number of carbonyl (C=O) groups is 1. The number of aromatic nitrogens is 3. The number of rotatable bonds is 2. The molecule has 7 heteroatoms. The molecule has 3 heterocycles. The SMILES string of the molecule is CC.Cc1cc(-c2ccc(F)cc2)nn2cc(C(=O)N3CCNC(C)C3)nc12. The molecule has 0 radical (unpaired) electrons. The lowest BCUT2D eigenvalue weighted by molar-refractivity contribution is 0.0704. The van der Waals surface area contributed by atoms with E-state index in [1.54, 1.807) is 22.8 Å². The molecule has 1 saturated heterocycles. The Kier molecular flexibility index (Phi) is 6.04. The summed E-state index contributed by atoms with van der Waals surface area (Å²) >= 11 is 0. The highest BCUT2D eigenvalue weighted by molar-refractivity contribution is 5.93. The molecule has 148 valence electrons. The summed E-state index contributed by atoms with van der Waals surface area (Å²) in [5, 5.41) is 7.87. The van der Waals surface area contributed by atoms with Crippen molar-refractivity contribution in [1.29, 1.82) is 0 Å². The van der Waals surface area contributed by atoms with Crippen LogP contribution in [0, 0.1) is 12.7 Å². The second-order valence-corrected chi connectivity index (χ2v) is 6.72. The van der Waals surface area contributed by atoms with E-state index in [0.717, 1.165) is 17.7 Å². The van der Waals surface area contributed by atoms with Crippen molar-refractivity contribution in [3.63, 3.8) is 0 Å². The Morgan fingerprint density at radius 2 is 1.96 bits per heavy atom. The van der Waals surface area contributed by atoms with Crippen LogP contribution in [0.15, 0.2) is 36.5 Å². The second-order valence-electron chi connectivity index (χ2n) is 6.72. The van der Waals surface area contributed by atoms with Crippen LogP contribution in [0.1, 0.15) is 36.8 Å². The number of imidazole rings is 1. The van der Waals surface area contributed by atoms with E-state index in [1.807, 2.05) is 31.7 Å². The smallest absolute Gasteiger partial charge is 0.274 e. The van der Waals surface area contributed by atoms with Crippen molar-refractivity contribution in [2.75, 3.05) is 19.6 Å². The summed E-state index contributed by atoms with van der Waals surface area (Å²) in [5.41, 5.74) is 3.48. The molecule has 1 unspecified atom stereocenters. The Balaban J connectivity index is 0.00000109. The first-order valence-electron chi connectivity index (χ1n) is 9.67. The lowest BCUT2D eigenvalue weighted by atomic mass is 10.1. The van der Waals surface area contributed by atoms with Crippen molar-refractivity contribution >= 4 is 11.6 Å². The minimum Gasteiger partial charge on any atom is -0.334 e. The molecule has 1 atom stereocenters. The fourth-order valence-electron chi connectivity index (χ4n) is 3.27. The highest BCUT2D eigenvalue weighted by atomic mass is 19.1. The Morgan fingerprint density at radius 1 is 1.25 bits per heavy atom. The quantitative estimate of drug-likeness (QED) is 0.738. The van der Waals surface area contributed by atoms with E-state index in [4.69, 9.17) is 0 Å². The third kappa shape index (κ3) is 4.04. The summed E-state index contributed by atoms with van der Waals surface area (Å²) in [4.78, 5) is 19.1. The molecule has 28 heavy (non-hydrogen) atoms. The fraction of sp³-hybridized carbons (Fsp3) is 0.381. The van der Waals surface area contributed by atoms with Gasteiger partial charge in [0.25, 0.3) is 5.91 Å². The number of aryl methyl sites for hydroxylation is 1. The monoisotopic (exact) mass is 383 g/mol. The van der Waals surface area contributed by atoms with Crippen LogP contribution in [0.25, 0.3) is 16.9 Å². The third-order valence-electron chi connectivity index (χ3n) is 4.62. The summed E-state index contributed by atoms with van der Waals surface area (Å²) in [6, 6.07) is 8.36. The molecule has 4 rings (SSSR count). The normalized spacial score (nSPS) is 16.6. The molecule has 0 bridgehead atoms. The maximum Gasteiger partial charge on any atom is 0.274 e. The predicted octanol–water partition coefficient (Wildman–Crippen LogP) is 3.30. The van der Waals surface area contributed by atoms with Gasteiger partial charge in [-0.1, -0.05) is 13.8 Å². The summed E-state index contributed by atoms with van der Waals surface area (Å²) < 4.78 is 14.8. The average Bonchev–Trinajstić information content (AvgIpc) is 3.14. The van der Waals surface area contributed by atoms with E-state index in [1.165, 1.54) is 12.1 Å². The largest absolute Gasteiger partial charge is 0.334 e. The lowest BCUT2D eigenvalue weighted by Gasteiger charge is -2.31. The zero-order valence-electron chi connectivity index (χ0n) is 16.7. The van der Waals surface area contributed by atoms with Crippen LogP contribution in [-0.4, -0.2) is 51.1 Å².